The zero-order chi connectivity index (χ0) is 21.3. The second-order valence-corrected chi connectivity index (χ2v) is 7.48. The molecule has 156 valence electrons. The van der Waals surface area contributed by atoms with Gasteiger partial charge < -0.3 is 15.5 Å². The highest BCUT2D eigenvalue weighted by Crippen LogP contribution is 2.28. The van der Waals surface area contributed by atoms with Crippen LogP contribution < -0.4 is 16.0 Å². The largest absolute Gasteiger partial charge is 0.430 e. The van der Waals surface area contributed by atoms with Gasteiger partial charge in [0.15, 0.2) is 10.6 Å². The van der Waals surface area contributed by atoms with Gasteiger partial charge in [-0.1, -0.05) is 0 Å². The van der Waals surface area contributed by atoms with E-state index in [1.807, 2.05) is 6.92 Å². The van der Waals surface area contributed by atoms with Gasteiger partial charge in [-0.15, -0.1) is 16.4 Å². The molecule has 1 saturated heterocycles. The fourth-order valence-electron chi connectivity index (χ4n) is 3.21. The molecule has 4 rings (SSSR count). The highest BCUT2D eigenvalue weighted by atomic mass is 32.1. The number of aromatic nitrogens is 3. The van der Waals surface area contributed by atoms with E-state index in [1.165, 1.54) is 35.6 Å². The minimum Gasteiger partial charge on any atom is -0.368 e. The summed E-state index contributed by atoms with van der Waals surface area (Å²) in [4.78, 5) is 43.4. The Morgan fingerprint density at radius 1 is 1.33 bits per heavy atom. The number of nitro benzene ring substituents is 1. The minimum atomic E-state index is -0.669. The molecule has 0 unspecified atom stereocenters. The van der Waals surface area contributed by atoms with Gasteiger partial charge in [0.1, 0.15) is 5.52 Å². The van der Waals surface area contributed by atoms with Crippen molar-refractivity contribution in [2.24, 2.45) is 0 Å². The van der Waals surface area contributed by atoms with Gasteiger partial charge in [-0.25, -0.2) is 14.8 Å². The van der Waals surface area contributed by atoms with Gasteiger partial charge >= 0.3 is 6.09 Å². The smallest absolute Gasteiger partial charge is 0.368 e. The Hall–Kier alpha value is -3.58. The molecule has 0 bridgehead atoms. The minimum absolute atomic E-state index is 0.0230. The standard InChI is InChI=1S/C17H18N8O4S/c1-10-8-23(29-17(26)20-11-2-4-12(5-3-11)25(27)28)6-7-24(10)14-13-15(30-9-19-13)22-16(18)21-14/h2-5,9-10H,6-8H2,1H3,(H,20,26)(H2,18,21,22)/t10-/m0/s1. The molecule has 0 spiro atoms. The van der Waals surface area contributed by atoms with Crippen LogP contribution in [0.1, 0.15) is 6.92 Å². The summed E-state index contributed by atoms with van der Waals surface area (Å²) in [7, 11) is 0. The van der Waals surface area contributed by atoms with Crippen LogP contribution >= 0.6 is 11.3 Å². The SMILES string of the molecule is C[C@H]1CN(OC(=O)Nc2ccc([N+](=O)[O-])cc2)CCN1c1nc(N)nc2scnc12. The second kappa shape index (κ2) is 8.04. The number of amides is 1. The molecule has 1 amide bonds. The van der Waals surface area contributed by atoms with E-state index in [4.69, 9.17) is 10.6 Å². The number of carbonyl (C=O) groups excluding carboxylic acids is 1. The van der Waals surface area contributed by atoms with Crippen LogP contribution in [0, 0.1) is 10.1 Å². The number of hydrogen-bond donors (Lipinski definition) is 2. The quantitative estimate of drug-likeness (QED) is 0.465. The molecule has 3 aromatic rings. The number of hydrogen-bond acceptors (Lipinski definition) is 11. The Morgan fingerprint density at radius 2 is 2.10 bits per heavy atom. The predicted molar refractivity (Wildman–Crippen MR) is 111 cm³/mol. The lowest BCUT2D eigenvalue weighted by atomic mass is 10.2. The van der Waals surface area contributed by atoms with Crippen LogP contribution in [0.3, 0.4) is 0 Å². The first-order chi connectivity index (χ1) is 14.4. The number of piperazine rings is 1. The van der Waals surface area contributed by atoms with Gasteiger partial charge in [0.25, 0.3) is 5.69 Å². The molecule has 1 atom stereocenters. The number of hydroxylamine groups is 2. The second-order valence-electron chi connectivity index (χ2n) is 6.65. The highest BCUT2D eigenvalue weighted by molar-refractivity contribution is 7.16. The fourth-order valence-corrected chi connectivity index (χ4v) is 3.87. The summed E-state index contributed by atoms with van der Waals surface area (Å²) in [5.41, 5.74) is 8.58. The average molecular weight is 430 g/mol. The van der Waals surface area contributed by atoms with Crippen molar-refractivity contribution in [2.45, 2.75) is 13.0 Å². The van der Waals surface area contributed by atoms with Gasteiger partial charge in [0.2, 0.25) is 5.95 Å². The number of non-ortho nitro benzene ring substituents is 1. The first-order valence-corrected chi connectivity index (χ1v) is 9.90. The number of thiazole rings is 1. The third kappa shape index (κ3) is 4.06. The van der Waals surface area contributed by atoms with Crippen molar-refractivity contribution in [1.82, 2.24) is 20.0 Å². The summed E-state index contributed by atoms with van der Waals surface area (Å²) in [5, 5.41) is 14.8. The maximum Gasteiger partial charge on any atom is 0.430 e. The molecule has 12 nitrogen and oxygen atoms in total. The van der Waals surface area contributed by atoms with E-state index in [-0.39, 0.29) is 17.7 Å². The van der Waals surface area contributed by atoms with Gasteiger partial charge in [-0.2, -0.15) is 4.98 Å². The molecule has 3 heterocycles. The Balaban J connectivity index is 1.37. The van der Waals surface area contributed by atoms with Gasteiger partial charge in [-0.3, -0.25) is 15.4 Å². The van der Waals surface area contributed by atoms with Crippen LogP contribution in [0.2, 0.25) is 0 Å². The van der Waals surface area contributed by atoms with Gasteiger partial charge in [0, 0.05) is 30.4 Å². The molecule has 2 aromatic heterocycles. The molecule has 30 heavy (non-hydrogen) atoms. The summed E-state index contributed by atoms with van der Waals surface area (Å²) >= 11 is 1.40. The summed E-state index contributed by atoms with van der Waals surface area (Å²) in [6.45, 7) is 3.44. The van der Waals surface area contributed by atoms with Crippen molar-refractivity contribution in [3.8, 4) is 0 Å². The Kier molecular flexibility index (Phi) is 5.29. The molecule has 1 aliphatic rings. The molecule has 1 aromatic carbocycles. The van der Waals surface area contributed by atoms with Crippen LogP contribution in [-0.2, 0) is 4.84 Å². The van der Waals surface area contributed by atoms with E-state index in [9.17, 15) is 14.9 Å². The van der Waals surface area contributed by atoms with Crippen LogP contribution in [0.25, 0.3) is 10.3 Å². The molecule has 3 N–H and O–H groups in total. The van der Waals surface area contributed by atoms with E-state index in [0.717, 1.165) is 4.83 Å². The van der Waals surface area contributed by atoms with Crippen LogP contribution in [0.4, 0.5) is 27.9 Å². The fraction of sp³-hybridized carbons (Fsp3) is 0.294. The molecule has 1 fully saturated rings. The number of rotatable bonds is 4. The van der Waals surface area contributed by atoms with Crippen molar-refractivity contribution < 1.29 is 14.6 Å². The van der Waals surface area contributed by atoms with Crippen LogP contribution in [0.15, 0.2) is 29.8 Å². The van der Waals surface area contributed by atoms with Crippen molar-refractivity contribution in [3.05, 3.63) is 39.9 Å². The Labute approximate surface area is 174 Å². The number of fused-ring (bicyclic) bond motifs is 1. The number of carbonyl (C=O) groups is 1. The summed E-state index contributed by atoms with van der Waals surface area (Å²) in [5.74, 6) is 0.858. The van der Waals surface area contributed by atoms with Crippen molar-refractivity contribution in [2.75, 3.05) is 35.6 Å². The maximum atomic E-state index is 12.2. The lowest BCUT2D eigenvalue weighted by Gasteiger charge is -2.39. The number of nitrogens with zero attached hydrogens (tertiary/aromatic N) is 6. The zero-order valence-electron chi connectivity index (χ0n) is 15.9. The maximum absolute atomic E-state index is 12.2. The normalized spacial score (nSPS) is 17.1. The number of anilines is 3. The Bertz CT molecular complexity index is 1090. The lowest BCUT2D eigenvalue weighted by Crippen LogP contribution is -2.53. The summed E-state index contributed by atoms with van der Waals surface area (Å²) in [6, 6.07) is 5.48. The van der Waals surface area contributed by atoms with E-state index < -0.39 is 11.0 Å². The molecular formula is C17H18N8O4S. The van der Waals surface area contributed by atoms with E-state index >= 15 is 0 Å². The van der Waals surface area contributed by atoms with Crippen molar-refractivity contribution >= 4 is 50.9 Å². The number of nitrogens with one attached hydrogen (secondary N) is 1. The number of nitro groups is 1. The van der Waals surface area contributed by atoms with Gasteiger partial charge in [-0.05, 0) is 19.1 Å². The first-order valence-electron chi connectivity index (χ1n) is 9.02. The van der Waals surface area contributed by atoms with Crippen molar-refractivity contribution in [3.63, 3.8) is 0 Å². The number of benzene rings is 1. The third-order valence-electron chi connectivity index (χ3n) is 4.60. The van der Waals surface area contributed by atoms with E-state index in [1.54, 1.807) is 10.6 Å². The molecular weight excluding hydrogens is 412 g/mol. The first kappa shape index (κ1) is 19.7. The molecule has 13 heteroatoms. The molecule has 0 radical (unpaired) electrons. The van der Waals surface area contributed by atoms with Crippen LogP contribution in [0.5, 0.6) is 0 Å². The van der Waals surface area contributed by atoms with Gasteiger partial charge in [0.05, 0.1) is 23.5 Å². The average Bonchev–Trinajstić information content (AvgIpc) is 3.16. The molecule has 0 saturated carbocycles. The lowest BCUT2D eigenvalue weighted by molar-refractivity contribution is -0.384. The topological polar surface area (TPSA) is 153 Å². The molecule has 1 aliphatic heterocycles. The zero-order valence-corrected chi connectivity index (χ0v) is 16.7. The monoisotopic (exact) mass is 430 g/mol. The summed E-state index contributed by atoms with van der Waals surface area (Å²) in [6.07, 6.45) is -0.669. The number of nitrogen functional groups attached to an aromatic ring is 1. The van der Waals surface area contributed by atoms with E-state index in [0.29, 0.717) is 36.7 Å². The van der Waals surface area contributed by atoms with E-state index in [2.05, 4.69) is 25.2 Å². The predicted octanol–water partition coefficient (Wildman–Crippen LogP) is 2.25. The third-order valence-corrected chi connectivity index (χ3v) is 5.31. The highest BCUT2D eigenvalue weighted by Gasteiger charge is 2.29. The summed E-state index contributed by atoms with van der Waals surface area (Å²) < 4.78 is 0. The number of nitrogens with two attached hydrogens (primary N) is 1. The van der Waals surface area contributed by atoms with Crippen molar-refractivity contribution in [1.29, 1.82) is 0 Å². The van der Waals surface area contributed by atoms with Crippen LogP contribution in [-0.4, -0.2) is 56.7 Å². The molecule has 0 aliphatic carbocycles. The Morgan fingerprint density at radius 3 is 2.80 bits per heavy atom.